The van der Waals surface area contributed by atoms with E-state index in [1.165, 1.54) is 0 Å². The lowest BCUT2D eigenvalue weighted by atomic mass is 10.1. The van der Waals surface area contributed by atoms with E-state index in [0.717, 1.165) is 31.4 Å². The summed E-state index contributed by atoms with van der Waals surface area (Å²) in [4.78, 5) is 9.90. The van der Waals surface area contributed by atoms with Crippen LogP contribution in [0.2, 0.25) is 0 Å². The van der Waals surface area contributed by atoms with Crippen LogP contribution in [0.5, 0.6) is 5.75 Å². The first-order valence-electron chi connectivity index (χ1n) is 5.03. The Morgan fingerprint density at radius 2 is 2.07 bits per heavy atom. The predicted molar refractivity (Wildman–Crippen MR) is 58.2 cm³/mol. The molecule has 4 heteroatoms. The third kappa shape index (κ3) is 4.46. The van der Waals surface area contributed by atoms with E-state index < -0.39 is 0 Å². The van der Waals surface area contributed by atoms with Gasteiger partial charge >= 0.3 is 0 Å². The van der Waals surface area contributed by atoms with Crippen molar-refractivity contribution >= 4 is 6.41 Å². The number of hydrazine groups is 1. The number of nitrogens with one attached hydrogen (secondary N) is 2. The molecule has 0 radical (unpaired) electrons. The molecule has 82 valence electrons. The smallest absolute Gasteiger partial charge is 0.221 e. The number of amides is 1. The maximum Gasteiger partial charge on any atom is 0.221 e. The van der Waals surface area contributed by atoms with E-state index in [1.807, 2.05) is 18.2 Å². The zero-order valence-electron chi connectivity index (χ0n) is 8.57. The van der Waals surface area contributed by atoms with Crippen molar-refractivity contribution in [2.45, 2.75) is 19.3 Å². The predicted octanol–water partition coefficient (Wildman–Crippen LogP) is 0.965. The van der Waals surface area contributed by atoms with Crippen LogP contribution in [-0.2, 0) is 11.2 Å². The number of para-hydroxylation sites is 1. The lowest BCUT2D eigenvalue weighted by Gasteiger charge is -2.04. The van der Waals surface area contributed by atoms with Gasteiger partial charge in [0.05, 0.1) is 0 Å². The van der Waals surface area contributed by atoms with Crippen LogP contribution in [0.15, 0.2) is 24.3 Å². The van der Waals surface area contributed by atoms with E-state index in [-0.39, 0.29) is 0 Å². The van der Waals surface area contributed by atoms with Crippen LogP contribution in [0.25, 0.3) is 0 Å². The molecule has 15 heavy (non-hydrogen) atoms. The average molecular weight is 208 g/mol. The highest BCUT2D eigenvalue weighted by Crippen LogP contribution is 2.17. The Bertz CT molecular complexity index is 302. The molecule has 0 atom stereocenters. The summed E-state index contributed by atoms with van der Waals surface area (Å²) >= 11 is 0. The minimum absolute atomic E-state index is 0.358. The number of unbranched alkanes of at least 4 members (excludes halogenated alkanes) is 1. The lowest BCUT2D eigenvalue weighted by Crippen LogP contribution is -2.30. The second kappa shape index (κ2) is 6.84. The first-order valence-corrected chi connectivity index (χ1v) is 5.03. The standard InChI is InChI=1S/C11H16N2O2/c14-9-13-12-8-4-3-6-10-5-1-2-7-11(10)15/h1-2,5,7,9,12,15H,3-4,6,8H2,(H,13,14). The normalized spacial score (nSPS) is 9.87. The summed E-state index contributed by atoms with van der Waals surface area (Å²) in [6.07, 6.45) is 3.40. The van der Waals surface area contributed by atoms with Gasteiger partial charge in [-0.05, 0) is 30.9 Å². The molecule has 0 aliphatic rings. The SMILES string of the molecule is O=CNNCCCCc1ccccc1O. The van der Waals surface area contributed by atoms with Crippen LogP contribution in [0.3, 0.4) is 0 Å². The number of aryl methyl sites for hydroxylation is 1. The van der Waals surface area contributed by atoms with Crippen molar-refractivity contribution in [3.63, 3.8) is 0 Å². The van der Waals surface area contributed by atoms with Crippen molar-refractivity contribution in [2.24, 2.45) is 0 Å². The molecule has 0 saturated carbocycles. The molecule has 1 aromatic carbocycles. The topological polar surface area (TPSA) is 61.4 Å². The molecule has 3 N–H and O–H groups in total. The molecule has 1 amide bonds. The first-order chi connectivity index (χ1) is 7.34. The molecule has 0 aliphatic heterocycles. The molecule has 1 rings (SSSR count). The summed E-state index contributed by atoms with van der Waals surface area (Å²) in [6.45, 7) is 0.742. The number of benzene rings is 1. The molecule has 0 aliphatic carbocycles. The molecule has 4 nitrogen and oxygen atoms in total. The van der Waals surface area contributed by atoms with E-state index in [0.29, 0.717) is 12.2 Å². The molecule has 0 saturated heterocycles. The minimum Gasteiger partial charge on any atom is -0.508 e. The number of phenols is 1. The van der Waals surface area contributed by atoms with Crippen LogP contribution in [0, 0.1) is 0 Å². The number of phenolic OH excluding ortho intramolecular Hbond substituents is 1. The average Bonchev–Trinajstić information content (AvgIpc) is 2.25. The van der Waals surface area contributed by atoms with Gasteiger partial charge in [-0.2, -0.15) is 0 Å². The Labute approximate surface area is 89.3 Å². The van der Waals surface area contributed by atoms with Crippen LogP contribution < -0.4 is 10.9 Å². The maximum atomic E-state index is 9.90. The Hall–Kier alpha value is -1.55. The quantitative estimate of drug-likeness (QED) is 0.355. The van der Waals surface area contributed by atoms with E-state index in [1.54, 1.807) is 6.07 Å². The number of carbonyl (C=O) groups is 1. The Morgan fingerprint density at radius 3 is 2.80 bits per heavy atom. The molecule has 0 aromatic heterocycles. The molecular formula is C11H16N2O2. The van der Waals surface area contributed by atoms with Gasteiger partial charge in [0.25, 0.3) is 0 Å². The van der Waals surface area contributed by atoms with Crippen LogP contribution in [-0.4, -0.2) is 18.1 Å². The van der Waals surface area contributed by atoms with Crippen LogP contribution in [0.1, 0.15) is 18.4 Å². The second-order valence-corrected chi connectivity index (χ2v) is 3.27. The number of aromatic hydroxyl groups is 1. The molecule has 0 bridgehead atoms. The van der Waals surface area contributed by atoms with Crippen LogP contribution >= 0.6 is 0 Å². The van der Waals surface area contributed by atoms with Gasteiger partial charge in [-0.15, -0.1) is 0 Å². The van der Waals surface area contributed by atoms with Crippen molar-refractivity contribution < 1.29 is 9.90 Å². The van der Waals surface area contributed by atoms with Gasteiger partial charge in [0.2, 0.25) is 6.41 Å². The molecule has 0 spiro atoms. The zero-order chi connectivity index (χ0) is 10.9. The fourth-order valence-electron chi connectivity index (χ4n) is 1.36. The van der Waals surface area contributed by atoms with Gasteiger partial charge in [0.1, 0.15) is 5.75 Å². The van der Waals surface area contributed by atoms with Gasteiger partial charge in [-0.3, -0.25) is 10.2 Å². The third-order valence-corrected chi connectivity index (χ3v) is 2.15. The van der Waals surface area contributed by atoms with E-state index in [9.17, 15) is 9.90 Å². The monoisotopic (exact) mass is 208 g/mol. The summed E-state index contributed by atoms with van der Waals surface area (Å²) in [5, 5.41) is 9.48. The number of hydrogen-bond acceptors (Lipinski definition) is 3. The van der Waals surface area contributed by atoms with Gasteiger partial charge in [0, 0.05) is 6.54 Å². The maximum absolute atomic E-state index is 9.90. The van der Waals surface area contributed by atoms with Crippen LogP contribution in [0.4, 0.5) is 0 Å². The molecular weight excluding hydrogens is 192 g/mol. The molecule has 1 aromatic rings. The number of carbonyl (C=O) groups excluding carboxylic acids is 1. The van der Waals surface area contributed by atoms with Crippen molar-refractivity contribution in [3.05, 3.63) is 29.8 Å². The van der Waals surface area contributed by atoms with Gasteiger partial charge in [-0.1, -0.05) is 18.2 Å². The Balaban J connectivity index is 2.15. The highest BCUT2D eigenvalue weighted by atomic mass is 16.3. The van der Waals surface area contributed by atoms with Gasteiger partial charge < -0.3 is 5.11 Å². The van der Waals surface area contributed by atoms with Crippen molar-refractivity contribution in [3.8, 4) is 5.75 Å². The number of rotatable bonds is 7. The zero-order valence-corrected chi connectivity index (χ0v) is 8.57. The second-order valence-electron chi connectivity index (χ2n) is 3.27. The van der Waals surface area contributed by atoms with Crippen molar-refractivity contribution in [1.82, 2.24) is 10.9 Å². The first kappa shape index (κ1) is 11.5. The molecule has 0 heterocycles. The van der Waals surface area contributed by atoms with E-state index >= 15 is 0 Å². The van der Waals surface area contributed by atoms with Crippen molar-refractivity contribution in [2.75, 3.05) is 6.54 Å². The number of hydrogen-bond donors (Lipinski definition) is 3. The minimum atomic E-state index is 0.358. The molecule has 0 unspecified atom stereocenters. The highest BCUT2D eigenvalue weighted by Gasteiger charge is 1.98. The summed E-state index contributed by atoms with van der Waals surface area (Å²) in [6, 6.07) is 7.35. The largest absolute Gasteiger partial charge is 0.508 e. The lowest BCUT2D eigenvalue weighted by molar-refractivity contribution is -0.110. The Kier molecular flexibility index (Phi) is 5.25. The fraction of sp³-hybridized carbons (Fsp3) is 0.364. The van der Waals surface area contributed by atoms with E-state index in [4.69, 9.17) is 0 Å². The van der Waals surface area contributed by atoms with Gasteiger partial charge in [0.15, 0.2) is 0 Å². The third-order valence-electron chi connectivity index (χ3n) is 2.15. The summed E-state index contributed by atoms with van der Waals surface area (Å²) in [7, 11) is 0. The van der Waals surface area contributed by atoms with Gasteiger partial charge in [-0.25, -0.2) is 5.43 Å². The highest BCUT2D eigenvalue weighted by molar-refractivity contribution is 5.44. The molecule has 0 fully saturated rings. The fourth-order valence-corrected chi connectivity index (χ4v) is 1.36. The Morgan fingerprint density at radius 1 is 1.27 bits per heavy atom. The van der Waals surface area contributed by atoms with E-state index in [2.05, 4.69) is 10.9 Å². The summed E-state index contributed by atoms with van der Waals surface area (Å²) < 4.78 is 0. The summed E-state index contributed by atoms with van der Waals surface area (Å²) in [5.41, 5.74) is 6.11. The van der Waals surface area contributed by atoms with Crippen molar-refractivity contribution in [1.29, 1.82) is 0 Å². The summed E-state index contributed by atoms with van der Waals surface area (Å²) in [5.74, 6) is 0.358.